The van der Waals surface area contributed by atoms with E-state index in [-0.39, 0.29) is 5.41 Å². The summed E-state index contributed by atoms with van der Waals surface area (Å²) in [6.07, 6.45) is 7.22. The minimum absolute atomic E-state index is 0.135. The summed E-state index contributed by atoms with van der Waals surface area (Å²) in [6.45, 7) is 6.20. The molecule has 4 bridgehead atoms. The minimum atomic E-state index is -0.135. The zero-order valence-electron chi connectivity index (χ0n) is 15.6. The Morgan fingerprint density at radius 1 is 1.08 bits per heavy atom. The molecule has 2 atom stereocenters. The maximum atomic E-state index is 13.7. The molecule has 0 aromatic heterocycles. The van der Waals surface area contributed by atoms with E-state index in [1.165, 1.54) is 24.8 Å². The average Bonchev–Trinajstić information content (AvgIpc) is 2.51. The van der Waals surface area contributed by atoms with Gasteiger partial charge in [0.1, 0.15) is 0 Å². The first-order chi connectivity index (χ1) is 11.9. The normalized spacial score (nSPS) is 38.8. The average molecular weight is 360 g/mol. The van der Waals surface area contributed by atoms with Gasteiger partial charge in [-0.05, 0) is 60.8 Å². The smallest absolute Gasteiger partial charge is 0.229 e. The third-order valence-corrected chi connectivity index (χ3v) is 7.11. The van der Waals surface area contributed by atoms with Crippen LogP contribution in [0.5, 0.6) is 0 Å². The highest BCUT2D eigenvalue weighted by Crippen LogP contribution is 2.69. The van der Waals surface area contributed by atoms with Crippen molar-refractivity contribution in [2.45, 2.75) is 58.9 Å². The van der Waals surface area contributed by atoms with E-state index in [2.05, 4.69) is 26.0 Å². The van der Waals surface area contributed by atoms with Crippen molar-refractivity contribution in [3.63, 3.8) is 0 Å². The van der Waals surface area contributed by atoms with Gasteiger partial charge in [0.2, 0.25) is 5.91 Å². The Hall–Kier alpha value is -1.02. The van der Waals surface area contributed by atoms with Crippen LogP contribution < -0.4 is 0 Å². The number of hydrogen-bond donors (Lipinski definition) is 0. The van der Waals surface area contributed by atoms with Gasteiger partial charge >= 0.3 is 0 Å². The van der Waals surface area contributed by atoms with Crippen LogP contribution >= 0.6 is 11.6 Å². The van der Waals surface area contributed by atoms with Crippen molar-refractivity contribution < 1.29 is 4.79 Å². The highest BCUT2D eigenvalue weighted by molar-refractivity contribution is 6.18. The topological polar surface area (TPSA) is 20.3 Å². The van der Waals surface area contributed by atoms with Gasteiger partial charge < -0.3 is 4.90 Å². The molecule has 0 N–H and O–H groups in total. The van der Waals surface area contributed by atoms with Gasteiger partial charge in [0.05, 0.1) is 5.41 Å². The second-order valence-corrected chi connectivity index (χ2v) is 10.2. The summed E-state index contributed by atoms with van der Waals surface area (Å²) in [5.41, 5.74) is 1.79. The molecule has 3 heteroatoms. The summed E-state index contributed by atoms with van der Waals surface area (Å²) in [5.74, 6) is 1.62. The number of carbonyl (C=O) groups is 1. The van der Waals surface area contributed by atoms with Gasteiger partial charge in [0, 0.05) is 19.0 Å². The van der Waals surface area contributed by atoms with E-state index in [4.69, 9.17) is 11.6 Å². The van der Waals surface area contributed by atoms with E-state index in [1.807, 2.05) is 23.1 Å². The van der Waals surface area contributed by atoms with Gasteiger partial charge in [-0.2, -0.15) is 0 Å². The van der Waals surface area contributed by atoms with Crippen molar-refractivity contribution in [1.82, 2.24) is 4.90 Å². The fourth-order valence-electron chi connectivity index (χ4n) is 7.18. The fraction of sp³-hybridized carbons (Fsp3) is 0.682. The lowest BCUT2D eigenvalue weighted by molar-refractivity contribution is -0.179. The van der Waals surface area contributed by atoms with Crippen molar-refractivity contribution in [1.29, 1.82) is 0 Å². The van der Waals surface area contributed by atoms with Crippen LogP contribution in [0, 0.1) is 22.2 Å². The molecule has 1 aromatic carbocycles. The van der Waals surface area contributed by atoms with E-state index in [1.54, 1.807) is 0 Å². The van der Waals surface area contributed by atoms with Crippen LogP contribution in [0.2, 0.25) is 0 Å². The van der Waals surface area contributed by atoms with Crippen molar-refractivity contribution in [2.24, 2.45) is 22.2 Å². The number of carbonyl (C=O) groups excluding carboxylic acids is 1. The molecule has 2 nitrogen and oxygen atoms in total. The summed E-state index contributed by atoms with van der Waals surface area (Å²) in [4.78, 5) is 15.8. The molecular formula is C22H30ClNO. The molecular weight excluding hydrogens is 330 g/mol. The molecule has 2 unspecified atom stereocenters. The highest BCUT2D eigenvalue weighted by atomic mass is 35.5. The lowest BCUT2D eigenvalue weighted by atomic mass is 9.40. The molecule has 4 fully saturated rings. The van der Waals surface area contributed by atoms with E-state index >= 15 is 0 Å². The highest BCUT2D eigenvalue weighted by Gasteiger charge is 2.63. The molecule has 0 aliphatic heterocycles. The van der Waals surface area contributed by atoms with Gasteiger partial charge in [-0.3, -0.25) is 4.79 Å². The van der Waals surface area contributed by atoms with Crippen molar-refractivity contribution in [3.8, 4) is 0 Å². The number of halogens is 1. The molecule has 0 spiro atoms. The molecule has 0 saturated heterocycles. The lowest BCUT2D eigenvalue weighted by Crippen LogP contribution is -2.60. The van der Waals surface area contributed by atoms with Gasteiger partial charge in [-0.15, -0.1) is 11.6 Å². The molecule has 4 aliphatic carbocycles. The van der Waals surface area contributed by atoms with Crippen LogP contribution in [0.4, 0.5) is 0 Å². The number of amides is 1. The number of nitrogens with zero attached hydrogens (tertiary/aromatic N) is 1. The Morgan fingerprint density at radius 2 is 1.72 bits per heavy atom. The maximum absolute atomic E-state index is 13.7. The first kappa shape index (κ1) is 17.4. The summed E-state index contributed by atoms with van der Waals surface area (Å²) < 4.78 is 0. The Balaban J connectivity index is 1.61. The van der Waals surface area contributed by atoms with Crippen LogP contribution in [0.3, 0.4) is 0 Å². The van der Waals surface area contributed by atoms with Crippen LogP contribution in [0.15, 0.2) is 30.3 Å². The summed E-state index contributed by atoms with van der Waals surface area (Å²) >= 11 is 6.08. The molecule has 25 heavy (non-hydrogen) atoms. The SMILES string of the molecule is CC12CC3CC(C)(C1)CC(C(=O)N(CCCl)Cc1ccccc1)(C3)C2. The predicted molar refractivity (Wildman–Crippen MR) is 102 cm³/mol. The van der Waals surface area contributed by atoms with Crippen LogP contribution in [-0.4, -0.2) is 23.2 Å². The first-order valence-electron chi connectivity index (χ1n) is 9.75. The Bertz CT molecular complexity index is 639. The van der Waals surface area contributed by atoms with E-state index in [0.29, 0.717) is 35.7 Å². The molecule has 136 valence electrons. The minimum Gasteiger partial charge on any atom is -0.337 e. The molecule has 0 heterocycles. The first-order valence-corrected chi connectivity index (χ1v) is 10.3. The standard InChI is InChI=1S/C22H30ClNO/c1-20-10-18-11-21(2,14-20)16-22(12-18,15-20)19(25)24(9-8-23)13-17-6-4-3-5-7-17/h3-7,18H,8-16H2,1-2H3. The summed E-state index contributed by atoms with van der Waals surface area (Å²) in [6, 6.07) is 10.3. The van der Waals surface area contributed by atoms with E-state index in [9.17, 15) is 4.79 Å². The van der Waals surface area contributed by atoms with E-state index < -0.39 is 0 Å². The van der Waals surface area contributed by atoms with Crippen molar-refractivity contribution in [3.05, 3.63) is 35.9 Å². The number of benzene rings is 1. The quantitative estimate of drug-likeness (QED) is 0.657. The van der Waals surface area contributed by atoms with Crippen molar-refractivity contribution >= 4 is 17.5 Å². The van der Waals surface area contributed by atoms with Gasteiger partial charge in [0.15, 0.2) is 0 Å². The number of rotatable bonds is 5. The molecule has 4 saturated carbocycles. The Morgan fingerprint density at radius 3 is 2.28 bits per heavy atom. The Kier molecular flexibility index (Phi) is 4.18. The second kappa shape index (κ2) is 6.01. The van der Waals surface area contributed by atoms with Gasteiger partial charge in [-0.1, -0.05) is 44.2 Å². The Labute approximate surface area is 156 Å². The number of hydrogen-bond acceptors (Lipinski definition) is 1. The van der Waals surface area contributed by atoms with Gasteiger partial charge in [-0.25, -0.2) is 0 Å². The fourth-order valence-corrected chi connectivity index (χ4v) is 7.38. The van der Waals surface area contributed by atoms with Crippen LogP contribution in [0.1, 0.15) is 57.9 Å². The largest absolute Gasteiger partial charge is 0.337 e. The molecule has 0 radical (unpaired) electrons. The predicted octanol–water partition coefficient (Wildman–Crippen LogP) is 5.25. The third kappa shape index (κ3) is 3.12. The van der Waals surface area contributed by atoms with Gasteiger partial charge in [0.25, 0.3) is 0 Å². The summed E-state index contributed by atoms with van der Waals surface area (Å²) in [7, 11) is 0. The second-order valence-electron chi connectivity index (χ2n) is 9.81. The van der Waals surface area contributed by atoms with Crippen LogP contribution in [-0.2, 0) is 11.3 Å². The zero-order chi connectivity index (χ0) is 17.7. The van der Waals surface area contributed by atoms with E-state index in [0.717, 1.165) is 25.2 Å². The van der Waals surface area contributed by atoms with Crippen LogP contribution in [0.25, 0.3) is 0 Å². The molecule has 4 aliphatic rings. The molecule has 1 amide bonds. The zero-order valence-corrected chi connectivity index (χ0v) is 16.3. The molecule has 5 rings (SSSR count). The van der Waals surface area contributed by atoms with Crippen molar-refractivity contribution in [2.75, 3.05) is 12.4 Å². The summed E-state index contributed by atoms with van der Waals surface area (Å²) in [5, 5.41) is 0. The lowest BCUT2D eigenvalue weighted by Gasteiger charge is -2.65. The monoisotopic (exact) mass is 359 g/mol. The maximum Gasteiger partial charge on any atom is 0.229 e. The third-order valence-electron chi connectivity index (χ3n) is 6.94. The number of alkyl halides is 1. The molecule has 1 aromatic rings.